The number of carbonyl (C=O) groups excluding carboxylic acids is 1. The Morgan fingerprint density at radius 1 is 1.11 bits per heavy atom. The zero-order valence-corrected chi connectivity index (χ0v) is 20.2. The number of sulfone groups is 1. The summed E-state index contributed by atoms with van der Waals surface area (Å²) in [6.45, 7) is 1.89. The molecule has 2 fully saturated rings. The first-order valence-electron chi connectivity index (χ1n) is 11.2. The molecule has 2 atom stereocenters. The van der Waals surface area contributed by atoms with E-state index in [4.69, 9.17) is 16.4 Å². The summed E-state index contributed by atoms with van der Waals surface area (Å²) in [4.78, 5) is 18.3. The highest BCUT2D eigenvalue weighted by atomic mass is 35.5. The van der Waals surface area contributed by atoms with Gasteiger partial charge in [0.25, 0.3) is 5.91 Å². The number of oxime groups is 1. The molecule has 2 aliphatic carbocycles. The average Bonchev–Trinajstić information content (AvgIpc) is 3.29. The van der Waals surface area contributed by atoms with E-state index in [1.807, 2.05) is 6.92 Å². The Hall–Kier alpha value is -2.59. The molecule has 0 aromatic heterocycles. The number of halogens is 4. The van der Waals surface area contributed by atoms with Crippen LogP contribution in [0.25, 0.3) is 0 Å². The molecule has 2 bridgehead atoms. The highest BCUT2D eigenvalue weighted by Gasteiger charge is 2.57. The van der Waals surface area contributed by atoms with Gasteiger partial charge in [0.2, 0.25) is 0 Å². The third-order valence-corrected chi connectivity index (χ3v) is 10.1. The minimum Gasteiger partial charge on any atom is -0.389 e. The van der Waals surface area contributed by atoms with Crippen molar-refractivity contribution in [2.45, 2.75) is 54.8 Å². The van der Waals surface area contributed by atoms with Gasteiger partial charge < -0.3 is 10.2 Å². The summed E-state index contributed by atoms with van der Waals surface area (Å²) >= 11 is 6.28. The molecule has 1 aliphatic heterocycles. The van der Waals surface area contributed by atoms with Gasteiger partial charge in [-0.25, -0.2) is 21.6 Å². The molecule has 6 nitrogen and oxygen atoms in total. The lowest BCUT2D eigenvalue weighted by molar-refractivity contribution is -0.0618. The van der Waals surface area contributed by atoms with E-state index in [2.05, 4.69) is 10.5 Å². The van der Waals surface area contributed by atoms with Crippen LogP contribution >= 0.6 is 11.6 Å². The van der Waals surface area contributed by atoms with Gasteiger partial charge in [0.1, 0.15) is 5.60 Å². The first-order chi connectivity index (χ1) is 16.5. The largest absolute Gasteiger partial charge is 0.389 e. The van der Waals surface area contributed by atoms with Gasteiger partial charge >= 0.3 is 0 Å². The van der Waals surface area contributed by atoms with E-state index in [-0.39, 0.29) is 33.0 Å². The van der Waals surface area contributed by atoms with Crippen molar-refractivity contribution < 1.29 is 31.2 Å². The molecule has 1 heterocycles. The van der Waals surface area contributed by atoms with Gasteiger partial charge in [-0.2, -0.15) is 0 Å². The molecule has 2 aromatic carbocycles. The van der Waals surface area contributed by atoms with Crippen LogP contribution in [0.3, 0.4) is 0 Å². The van der Waals surface area contributed by atoms with Crippen LogP contribution in [0.1, 0.15) is 49.4 Å². The van der Waals surface area contributed by atoms with Crippen LogP contribution in [-0.2, 0) is 14.7 Å². The van der Waals surface area contributed by atoms with Crippen LogP contribution in [0, 0.1) is 29.3 Å². The number of nitrogens with one attached hydrogen (secondary N) is 1. The number of fused-ring (bicyclic) bond motifs is 2. The number of carbonyl (C=O) groups is 1. The van der Waals surface area contributed by atoms with E-state index in [0.717, 1.165) is 18.6 Å². The molecule has 1 amide bonds. The van der Waals surface area contributed by atoms with Gasteiger partial charge in [-0.3, -0.25) is 4.79 Å². The first kappa shape index (κ1) is 24.1. The summed E-state index contributed by atoms with van der Waals surface area (Å²) in [5.74, 6) is -5.65. The standard InChI is InChI=1S/C24H22ClF3N2O4S/c1-12-9-24(34-30-12)10-14-2-3-15(11-24)22(14)35(32,33)20-6-13(4-5-17(20)25)23(31)29-16-7-18(26)21(28)19(27)8-16/h4-8,14-15,22H,2-3,9-11H2,1H3,(H,29,31)/t14?,15?,22-,24-. The van der Waals surface area contributed by atoms with Gasteiger partial charge in [0.05, 0.1) is 20.9 Å². The molecule has 2 aromatic rings. The Labute approximate surface area is 205 Å². The monoisotopic (exact) mass is 526 g/mol. The maximum Gasteiger partial charge on any atom is 0.255 e. The number of benzene rings is 2. The highest BCUT2D eigenvalue weighted by Crippen LogP contribution is 2.54. The Morgan fingerprint density at radius 3 is 2.31 bits per heavy atom. The second-order valence-electron chi connectivity index (χ2n) is 9.65. The topological polar surface area (TPSA) is 84.8 Å². The number of amides is 1. The lowest BCUT2D eigenvalue weighted by atomic mass is 9.75. The number of anilines is 1. The maximum absolute atomic E-state index is 13.8. The van der Waals surface area contributed by atoms with Gasteiger partial charge in [0.15, 0.2) is 27.3 Å². The number of nitrogens with zero attached hydrogens (tertiary/aromatic N) is 1. The lowest BCUT2D eigenvalue weighted by Crippen LogP contribution is -2.46. The molecule has 0 saturated heterocycles. The number of hydrogen-bond donors (Lipinski definition) is 1. The van der Waals surface area contributed by atoms with Crippen LogP contribution in [0.15, 0.2) is 40.4 Å². The third-order valence-electron chi connectivity index (χ3n) is 7.18. The van der Waals surface area contributed by atoms with Crippen molar-refractivity contribution in [1.29, 1.82) is 0 Å². The fourth-order valence-corrected chi connectivity index (χ4v) is 8.73. The van der Waals surface area contributed by atoms with Crippen molar-refractivity contribution in [2.24, 2.45) is 17.0 Å². The summed E-state index contributed by atoms with van der Waals surface area (Å²) < 4.78 is 67.7. The number of rotatable bonds is 4. The zero-order chi connectivity index (χ0) is 25.1. The molecule has 0 radical (unpaired) electrons. The number of hydrogen-bond acceptors (Lipinski definition) is 5. The zero-order valence-electron chi connectivity index (χ0n) is 18.7. The van der Waals surface area contributed by atoms with Crippen LogP contribution in [-0.4, -0.2) is 30.9 Å². The molecule has 5 rings (SSSR count). The predicted molar refractivity (Wildman–Crippen MR) is 124 cm³/mol. The second kappa shape index (κ2) is 8.51. The van der Waals surface area contributed by atoms with Gasteiger partial charge in [-0.1, -0.05) is 16.8 Å². The molecule has 2 saturated carbocycles. The van der Waals surface area contributed by atoms with E-state index in [1.54, 1.807) is 0 Å². The smallest absolute Gasteiger partial charge is 0.255 e. The van der Waals surface area contributed by atoms with Gasteiger partial charge in [-0.15, -0.1) is 0 Å². The third kappa shape index (κ3) is 4.20. The van der Waals surface area contributed by atoms with Crippen LogP contribution < -0.4 is 5.32 Å². The van der Waals surface area contributed by atoms with Crippen molar-refractivity contribution in [3.05, 3.63) is 58.4 Å². The molecular formula is C24H22ClF3N2O4S. The molecule has 1 N–H and O–H groups in total. The lowest BCUT2D eigenvalue weighted by Gasteiger charge is -2.40. The molecule has 35 heavy (non-hydrogen) atoms. The Balaban J connectivity index is 1.41. The van der Waals surface area contributed by atoms with Crippen LogP contribution in [0.5, 0.6) is 0 Å². The van der Waals surface area contributed by atoms with E-state index in [1.165, 1.54) is 18.2 Å². The van der Waals surface area contributed by atoms with Crippen molar-refractivity contribution >= 4 is 38.7 Å². The summed E-state index contributed by atoms with van der Waals surface area (Å²) in [5.41, 5.74) is 0.0671. The molecular weight excluding hydrogens is 505 g/mol. The summed E-state index contributed by atoms with van der Waals surface area (Å²) in [6, 6.07) is 5.06. The van der Waals surface area contributed by atoms with Crippen LogP contribution in [0.2, 0.25) is 5.02 Å². The minimum atomic E-state index is -3.91. The van der Waals surface area contributed by atoms with E-state index >= 15 is 0 Å². The minimum absolute atomic E-state index is 0.0172. The Bertz CT molecular complexity index is 1330. The first-order valence-corrected chi connectivity index (χ1v) is 13.1. The van der Waals surface area contributed by atoms with Gasteiger partial charge in [-0.05, 0) is 62.6 Å². The quantitative estimate of drug-likeness (QED) is 0.533. The van der Waals surface area contributed by atoms with Crippen molar-refractivity contribution in [3.63, 3.8) is 0 Å². The van der Waals surface area contributed by atoms with Gasteiger partial charge in [0, 0.05) is 29.8 Å². The van der Waals surface area contributed by atoms with E-state index in [9.17, 15) is 26.4 Å². The SMILES string of the molecule is CC1=NO[C@]2(C1)CC1CCC(C2)[C@@H]1S(=O)(=O)c1cc(C(=O)Nc2cc(F)c(F)c(F)c2)ccc1Cl. The molecule has 1 spiro atoms. The second-order valence-corrected chi connectivity index (χ2v) is 12.1. The Kier molecular flexibility index (Phi) is 5.87. The predicted octanol–water partition coefficient (Wildman–Crippen LogP) is 5.51. The van der Waals surface area contributed by atoms with Crippen LogP contribution in [0.4, 0.5) is 18.9 Å². The average molecular weight is 527 g/mol. The molecule has 11 heteroatoms. The Morgan fingerprint density at radius 2 is 1.74 bits per heavy atom. The van der Waals surface area contributed by atoms with Crippen molar-refractivity contribution in [3.8, 4) is 0 Å². The normalized spacial score (nSPS) is 27.6. The summed E-state index contributed by atoms with van der Waals surface area (Å²) in [5, 5.41) is 5.67. The highest BCUT2D eigenvalue weighted by molar-refractivity contribution is 7.92. The summed E-state index contributed by atoms with van der Waals surface area (Å²) in [6.07, 6.45) is 3.34. The molecule has 186 valence electrons. The fourth-order valence-electron chi connectivity index (χ4n) is 5.89. The maximum atomic E-state index is 13.8. The fraction of sp³-hybridized carbons (Fsp3) is 0.417. The van der Waals surface area contributed by atoms with E-state index in [0.29, 0.717) is 31.4 Å². The van der Waals surface area contributed by atoms with Crippen molar-refractivity contribution in [1.82, 2.24) is 0 Å². The summed E-state index contributed by atoms with van der Waals surface area (Å²) in [7, 11) is -3.91. The molecule has 2 unspecified atom stereocenters. The molecule has 3 aliphatic rings. The van der Waals surface area contributed by atoms with Crippen molar-refractivity contribution in [2.75, 3.05) is 5.32 Å². The van der Waals surface area contributed by atoms with E-state index < -0.39 is 44.0 Å².